The van der Waals surface area contributed by atoms with E-state index in [-0.39, 0.29) is 29.7 Å². The van der Waals surface area contributed by atoms with Crippen molar-refractivity contribution < 1.29 is 63.3 Å². The van der Waals surface area contributed by atoms with Gasteiger partial charge in [0.2, 0.25) is 0 Å². The molecule has 14 nitrogen and oxygen atoms in total. The lowest BCUT2D eigenvalue weighted by Gasteiger charge is -2.67. The van der Waals surface area contributed by atoms with Crippen LogP contribution in [-0.4, -0.2) is 110 Å². The second-order valence-electron chi connectivity index (χ2n) is 17.8. The van der Waals surface area contributed by atoms with Gasteiger partial charge in [0.05, 0.1) is 40.5 Å². The zero-order valence-corrected chi connectivity index (χ0v) is 34.5. The highest BCUT2D eigenvalue weighted by Gasteiger charge is 2.78. The molecule has 0 radical (unpaired) electrons. The average molecular weight is 812 g/mol. The van der Waals surface area contributed by atoms with Crippen LogP contribution in [-0.2, 0) is 33.3 Å². The fourth-order valence-electron chi connectivity index (χ4n) is 9.70. The van der Waals surface area contributed by atoms with Crippen LogP contribution >= 0.6 is 11.3 Å². The lowest BCUT2D eigenvalue weighted by Crippen LogP contribution is -2.81. The third kappa shape index (κ3) is 6.73. The number of aryl methyl sites for hydroxylation is 1. The van der Waals surface area contributed by atoms with E-state index < -0.39 is 112 Å². The maximum absolute atomic E-state index is 14.9. The zero-order valence-electron chi connectivity index (χ0n) is 33.7. The third-order valence-corrected chi connectivity index (χ3v) is 14.0. The lowest BCUT2D eigenvalue weighted by molar-refractivity contribution is -0.346. The number of Topliss-reactive ketones (excluding diaryl/α,β-unsaturated/α-hetero) is 1. The number of aliphatic hydroxyl groups is 4. The van der Waals surface area contributed by atoms with Crippen LogP contribution in [0.5, 0.6) is 0 Å². The minimum atomic E-state index is -2.32. The summed E-state index contributed by atoms with van der Waals surface area (Å²) < 4.78 is 24.2. The molecule has 1 aliphatic heterocycles. The fraction of sp³-hybridized carbons (Fsp3) is 0.595. The minimum absolute atomic E-state index is 0.0384. The van der Waals surface area contributed by atoms with Crippen molar-refractivity contribution in [2.24, 2.45) is 22.2 Å². The van der Waals surface area contributed by atoms with Gasteiger partial charge in [0.1, 0.15) is 30.0 Å². The standard InChI is InChI=1S/C42H53NO13S/c1-20-15-16-57-30(20)35(49)43-32(38(4,5)6)29(47)37(51)54-24-18-42(52)34(55-36(50)23-13-11-10-12-14-23)31-40(9,33(48)28(46)27(21(24)2)39(42,7)8)25(45)17-26-41(31,19-53-26)56-22(3)44/h10-16,24-26,28-29,31-32,34,45-47,52H,17-19H2,1-9H3,(H,43,49)/t24-,25-,26?,28+,29+,31-,32+,34-,40+,41-,42+/m0/s1. The van der Waals surface area contributed by atoms with Gasteiger partial charge >= 0.3 is 17.9 Å². The van der Waals surface area contributed by atoms with E-state index in [2.05, 4.69) is 5.32 Å². The molecule has 5 N–H and O–H groups in total. The van der Waals surface area contributed by atoms with E-state index in [0.29, 0.717) is 10.4 Å². The highest BCUT2D eigenvalue weighted by Crippen LogP contribution is 2.64. The Labute approximate surface area is 335 Å². The van der Waals surface area contributed by atoms with Crippen LogP contribution in [0, 0.1) is 29.1 Å². The van der Waals surface area contributed by atoms with Gasteiger partial charge in [-0.25, -0.2) is 9.59 Å². The SMILES string of the molecule is CC(=O)O[C@@]12COC1C[C@H](O)[C@@]1(C)C(=O)[C@H](O)C3=C(C)[C@@H](OC(=O)[C@H](O)[C@@H](NC(=O)c4sccc4C)C(C)(C)C)C[C@@](O)([C@@H](OC(=O)c4ccccc4)[C@@H]12)C3(C)C. The molecule has 1 aromatic carbocycles. The van der Waals surface area contributed by atoms with Crippen molar-refractivity contribution in [1.29, 1.82) is 0 Å². The molecule has 1 aromatic heterocycles. The average Bonchev–Trinajstić information content (AvgIpc) is 3.57. The van der Waals surface area contributed by atoms with Gasteiger partial charge in [-0.05, 0) is 66.5 Å². The van der Waals surface area contributed by atoms with Gasteiger partial charge in [-0.15, -0.1) is 11.3 Å². The molecule has 2 heterocycles. The molecule has 2 bridgehead atoms. The maximum atomic E-state index is 14.9. The van der Waals surface area contributed by atoms with Crippen LogP contribution in [0.1, 0.15) is 93.8 Å². The summed E-state index contributed by atoms with van der Waals surface area (Å²) in [7, 11) is 0. The van der Waals surface area contributed by atoms with Crippen molar-refractivity contribution in [2.75, 3.05) is 6.61 Å². The Kier molecular flexibility index (Phi) is 11.0. The summed E-state index contributed by atoms with van der Waals surface area (Å²) in [6, 6.07) is 8.52. The number of ketones is 1. The molecule has 15 heteroatoms. The summed E-state index contributed by atoms with van der Waals surface area (Å²) in [6.07, 6.45) is -10.3. The smallest absolute Gasteiger partial charge is 0.338 e. The molecule has 3 fully saturated rings. The van der Waals surface area contributed by atoms with Crippen molar-refractivity contribution in [3.63, 3.8) is 0 Å². The molecule has 0 spiro atoms. The largest absolute Gasteiger partial charge is 0.456 e. The number of carbonyl (C=O) groups excluding carboxylic acids is 5. The Bertz CT molecular complexity index is 1980. The number of carbonyl (C=O) groups is 5. The zero-order chi connectivity index (χ0) is 42.2. The summed E-state index contributed by atoms with van der Waals surface area (Å²) in [6.45, 7) is 13.9. The van der Waals surface area contributed by atoms with Gasteiger partial charge in [0, 0.05) is 25.2 Å². The topological polar surface area (TPSA) is 215 Å². The van der Waals surface area contributed by atoms with Crippen molar-refractivity contribution in [3.8, 4) is 0 Å². The first-order valence-corrected chi connectivity index (χ1v) is 20.0. The van der Waals surface area contributed by atoms with E-state index in [1.165, 1.54) is 37.3 Å². The van der Waals surface area contributed by atoms with E-state index in [0.717, 1.165) is 6.92 Å². The quantitative estimate of drug-likeness (QED) is 0.147. The normalized spacial score (nSPS) is 34.2. The Morgan fingerprint density at radius 1 is 1.02 bits per heavy atom. The Morgan fingerprint density at radius 2 is 1.67 bits per heavy atom. The second-order valence-corrected chi connectivity index (χ2v) is 18.7. The van der Waals surface area contributed by atoms with Gasteiger partial charge in [0.25, 0.3) is 5.91 Å². The molecular formula is C42H53NO13S. The lowest BCUT2D eigenvalue weighted by atomic mass is 9.44. The van der Waals surface area contributed by atoms with Crippen molar-refractivity contribution >= 4 is 40.9 Å². The molecule has 1 saturated heterocycles. The number of amides is 1. The number of rotatable bonds is 8. The van der Waals surface area contributed by atoms with Crippen LogP contribution in [0.4, 0.5) is 0 Å². The molecule has 57 heavy (non-hydrogen) atoms. The number of benzene rings is 1. The summed E-state index contributed by atoms with van der Waals surface area (Å²) in [4.78, 5) is 69.6. The molecular weight excluding hydrogens is 759 g/mol. The minimum Gasteiger partial charge on any atom is -0.456 e. The fourth-order valence-corrected chi connectivity index (χ4v) is 10.5. The van der Waals surface area contributed by atoms with Gasteiger partial charge < -0.3 is 44.7 Å². The second kappa shape index (κ2) is 14.7. The third-order valence-electron chi connectivity index (χ3n) is 13.0. The molecule has 6 rings (SSSR count). The number of fused-ring (bicyclic) bond motifs is 5. The van der Waals surface area contributed by atoms with Gasteiger partial charge in [-0.2, -0.15) is 0 Å². The number of nitrogens with one attached hydrogen (secondary N) is 1. The van der Waals surface area contributed by atoms with Crippen LogP contribution < -0.4 is 5.32 Å². The summed E-state index contributed by atoms with van der Waals surface area (Å²) in [5.41, 5.74) is -7.55. The summed E-state index contributed by atoms with van der Waals surface area (Å²) in [5.74, 6) is -5.72. The number of aliphatic hydroxyl groups excluding tert-OH is 3. The van der Waals surface area contributed by atoms with E-state index in [1.54, 1.807) is 71.2 Å². The van der Waals surface area contributed by atoms with Crippen molar-refractivity contribution in [2.45, 2.75) is 129 Å². The molecule has 1 unspecified atom stereocenters. The molecule has 3 aliphatic carbocycles. The number of hydrogen-bond acceptors (Lipinski definition) is 14. The van der Waals surface area contributed by atoms with Crippen LogP contribution in [0.2, 0.25) is 0 Å². The van der Waals surface area contributed by atoms with E-state index in [4.69, 9.17) is 18.9 Å². The molecule has 11 atom stereocenters. The Balaban J connectivity index is 1.48. The maximum Gasteiger partial charge on any atom is 0.338 e. The Hall–Kier alpha value is -3.99. The highest BCUT2D eigenvalue weighted by atomic mass is 32.1. The van der Waals surface area contributed by atoms with Crippen molar-refractivity contribution in [3.05, 3.63) is 68.9 Å². The highest BCUT2D eigenvalue weighted by molar-refractivity contribution is 7.12. The van der Waals surface area contributed by atoms with E-state index in [9.17, 15) is 44.4 Å². The van der Waals surface area contributed by atoms with Gasteiger partial charge in [-0.3, -0.25) is 14.4 Å². The van der Waals surface area contributed by atoms with E-state index in [1.807, 2.05) is 0 Å². The van der Waals surface area contributed by atoms with Crippen LogP contribution in [0.15, 0.2) is 52.9 Å². The first kappa shape index (κ1) is 42.6. The molecule has 2 saturated carbocycles. The Morgan fingerprint density at radius 3 is 2.21 bits per heavy atom. The monoisotopic (exact) mass is 811 g/mol. The molecule has 310 valence electrons. The summed E-state index contributed by atoms with van der Waals surface area (Å²) in [5, 5.41) is 53.5. The predicted octanol–water partition coefficient (Wildman–Crippen LogP) is 3.21. The van der Waals surface area contributed by atoms with Gasteiger partial charge in [0.15, 0.2) is 17.5 Å². The first-order valence-electron chi connectivity index (χ1n) is 19.1. The number of hydrogen-bond donors (Lipinski definition) is 5. The van der Waals surface area contributed by atoms with E-state index >= 15 is 0 Å². The first-order chi connectivity index (χ1) is 26.4. The number of esters is 3. The molecule has 1 amide bonds. The van der Waals surface area contributed by atoms with Crippen molar-refractivity contribution in [1.82, 2.24) is 5.32 Å². The predicted molar refractivity (Wildman–Crippen MR) is 205 cm³/mol. The van der Waals surface area contributed by atoms with Crippen LogP contribution in [0.25, 0.3) is 0 Å². The van der Waals surface area contributed by atoms with Gasteiger partial charge in [-0.1, -0.05) is 52.8 Å². The number of ether oxygens (including phenoxy) is 4. The molecule has 4 aliphatic rings. The molecule has 2 aromatic rings. The van der Waals surface area contributed by atoms with Crippen LogP contribution in [0.3, 0.4) is 0 Å². The number of thiophene rings is 1. The summed E-state index contributed by atoms with van der Waals surface area (Å²) >= 11 is 1.21.